The van der Waals surface area contributed by atoms with Crippen LogP contribution in [0.5, 0.6) is 0 Å². The Kier molecular flexibility index (Phi) is 9.47. The van der Waals surface area contributed by atoms with Gasteiger partial charge in [0.15, 0.2) is 23.3 Å². The van der Waals surface area contributed by atoms with Gasteiger partial charge < -0.3 is 40.1 Å². The van der Waals surface area contributed by atoms with Crippen LogP contribution in [0.25, 0.3) is 5.65 Å². The molecule has 1 saturated carbocycles. The van der Waals surface area contributed by atoms with E-state index in [0.29, 0.717) is 17.2 Å². The number of imidazole rings is 1. The van der Waals surface area contributed by atoms with Crippen molar-refractivity contribution in [3.05, 3.63) is 34.6 Å². The van der Waals surface area contributed by atoms with Crippen LogP contribution in [0.3, 0.4) is 0 Å². The molecule has 2 fully saturated rings. The van der Waals surface area contributed by atoms with Gasteiger partial charge in [-0.1, -0.05) is 11.6 Å². The second-order valence-electron chi connectivity index (χ2n) is 10.5. The lowest BCUT2D eigenvalue weighted by Crippen LogP contribution is -2.56. The summed E-state index contributed by atoms with van der Waals surface area (Å²) in [6, 6.07) is 6.63. The molecule has 3 heterocycles. The van der Waals surface area contributed by atoms with Gasteiger partial charge in [0.1, 0.15) is 12.2 Å². The van der Waals surface area contributed by atoms with Crippen LogP contribution in [0.4, 0.5) is 27.9 Å². The number of aromatic nitrogens is 4. The lowest BCUT2D eigenvalue weighted by molar-refractivity contribution is -0.159. The molecule has 1 aliphatic carbocycles. The molecule has 2 aromatic heterocycles. The maximum absolute atomic E-state index is 12.7. The van der Waals surface area contributed by atoms with Gasteiger partial charge in [0, 0.05) is 12.6 Å². The Balaban J connectivity index is 1.44. The number of ether oxygens (including phenoxy) is 2. The molecule has 18 nitrogen and oxygen atoms in total. The van der Waals surface area contributed by atoms with Crippen molar-refractivity contribution < 1.29 is 37.9 Å². The number of benzene rings is 1. The molecule has 0 radical (unpaired) electrons. The summed E-state index contributed by atoms with van der Waals surface area (Å²) < 4.78 is 27.2. The number of amides is 1. The third-order valence-corrected chi connectivity index (χ3v) is 8.10. The quantitative estimate of drug-likeness (QED) is 0.153. The number of hydrogen-bond acceptors (Lipinski definition) is 14. The third kappa shape index (κ3) is 7.56. The van der Waals surface area contributed by atoms with E-state index in [2.05, 4.69) is 46.3 Å². The maximum atomic E-state index is 12.7. The van der Waals surface area contributed by atoms with Crippen LogP contribution >= 0.6 is 19.4 Å². The van der Waals surface area contributed by atoms with E-state index in [-0.39, 0.29) is 53.5 Å². The Morgan fingerprint density at radius 3 is 2.63 bits per heavy atom. The molecule has 1 amide bonds. The van der Waals surface area contributed by atoms with E-state index in [1.54, 1.807) is 4.90 Å². The van der Waals surface area contributed by atoms with Crippen LogP contribution in [0, 0.1) is 22.7 Å². The highest BCUT2D eigenvalue weighted by Gasteiger charge is 2.37. The normalized spacial score (nSPS) is 18.6. The maximum Gasteiger partial charge on any atom is 0.470 e. The molecule has 0 bridgehead atoms. The number of carbonyl (C=O) groups excluding carboxylic acids is 2. The number of methoxy groups -OCH3 is 1. The molecule has 242 valence electrons. The number of phosphoric ester groups is 1. The number of rotatable bonds is 10. The first-order valence-corrected chi connectivity index (χ1v) is 15.8. The van der Waals surface area contributed by atoms with Crippen LogP contribution in [-0.4, -0.2) is 85.9 Å². The molecule has 3 atom stereocenters. The monoisotopic (exact) mass is 674 g/mol. The summed E-state index contributed by atoms with van der Waals surface area (Å²) in [4.78, 5) is 53.4. The molecule has 1 saturated heterocycles. The summed E-state index contributed by atoms with van der Waals surface area (Å²) in [7, 11) is -3.83. The van der Waals surface area contributed by atoms with Gasteiger partial charge >= 0.3 is 19.9 Å². The third-order valence-electron chi connectivity index (χ3n) is 7.11. The average molecular weight is 675 g/mol. The van der Waals surface area contributed by atoms with Gasteiger partial charge in [-0.25, -0.2) is 19.1 Å². The van der Waals surface area contributed by atoms with Crippen LogP contribution in [-0.2, 0) is 23.4 Å². The second kappa shape index (κ2) is 13.3. The fourth-order valence-corrected chi connectivity index (χ4v) is 5.54. The first-order chi connectivity index (χ1) is 21.9. The number of fused-ring (bicyclic) bond motifs is 1. The molecule has 1 unspecified atom stereocenters. The van der Waals surface area contributed by atoms with E-state index < -0.39 is 38.1 Å². The van der Waals surface area contributed by atoms with Crippen molar-refractivity contribution in [2.24, 2.45) is 0 Å². The molecule has 5 N–H and O–H groups in total. The van der Waals surface area contributed by atoms with Gasteiger partial charge in [-0.3, -0.25) is 4.52 Å². The molecular formula is C26H28ClN10O8P. The average Bonchev–Trinajstić information content (AvgIpc) is 3.73. The van der Waals surface area contributed by atoms with E-state index in [4.69, 9.17) is 26.1 Å². The number of nitriles is 2. The van der Waals surface area contributed by atoms with E-state index in [0.717, 1.165) is 19.8 Å². The summed E-state index contributed by atoms with van der Waals surface area (Å²) in [5.41, 5.74) is 1.40. The van der Waals surface area contributed by atoms with Crippen molar-refractivity contribution in [1.29, 1.82) is 10.5 Å². The number of halogens is 1. The van der Waals surface area contributed by atoms with Crippen molar-refractivity contribution in [2.75, 3.05) is 35.7 Å². The van der Waals surface area contributed by atoms with Gasteiger partial charge in [-0.15, -0.1) is 5.10 Å². The molecule has 0 spiro atoms. The zero-order valence-electron chi connectivity index (χ0n) is 24.4. The Bertz CT molecular complexity index is 1800. The molecule has 3 aromatic rings. The molecule has 2 aliphatic rings. The summed E-state index contributed by atoms with van der Waals surface area (Å²) in [6.07, 6.45) is 0.0844. The highest BCUT2D eigenvalue weighted by molar-refractivity contribution is 7.46. The summed E-state index contributed by atoms with van der Waals surface area (Å²) in [5.74, 6) is -0.596. The molecule has 1 aromatic carbocycles. The number of nitrogens with zero attached hydrogens (tertiary/aromatic N) is 7. The topological polar surface area (TPSA) is 249 Å². The van der Waals surface area contributed by atoms with E-state index in [9.17, 15) is 24.7 Å². The minimum atomic E-state index is -5.00. The standard InChI is InChI=1S/C26H28ClN10O8P/c1-13(45-46(40,41)42)24(38)44-20-12-36(6-5-17(20)33-26(39)43-2)19-8-14(9-28)7-18(21(19)27)32-25-34-22(31-15-3-4-15)23-30-11-16(10-29)37(23)35-25/h7-8,11,13,15,17,20H,3-6,12H2,1-2H3,(H,33,39)(H2,40,41,42)(H2,31,32,34,35)/t13?,17-,20-/m1/s1. The zero-order chi connectivity index (χ0) is 33.2. The van der Waals surface area contributed by atoms with Gasteiger partial charge in [0.05, 0.1) is 53.9 Å². The number of alkyl carbamates (subject to hydrolysis) is 1. The number of nitrogens with one attached hydrogen (secondary N) is 3. The van der Waals surface area contributed by atoms with Gasteiger partial charge in [0.2, 0.25) is 5.95 Å². The first-order valence-electron chi connectivity index (χ1n) is 13.9. The van der Waals surface area contributed by atoms with Crippen molar-refractivity contribution in [3.8, 4) is 12.1 Å². The summed E-state index contributed by atoms with van der Waals surface area (Å²) in [6.45, 7) is 1.35. The Morgan fingerprint density at radius 1 is 1.22 bits per heavy atom. The number of hydrogen-bond donors (Lipinski definition) is 5. The number of piperidine rings is 1. The number of carbonyl (C=O) groups is 2. The smallest absolute Gasteiger partial charge is 0.456 e. The fourth-order valence-electron chi connectivity index (χ4n) is 4.77. The SMILES string of the molecule is COC(=O)N[C@@H]1CCN(c2cc(C#N)cc(Nc3nc(NC4CC4)c4ncc(C#N)n4n3)c2Cl)C[C@H]1OC(=O)C(C)OP(=O)(O)O. The largest absolute Gasteiger partial charge is 0.470 e. The second-order valence-corrected chi connectivity index (χ2v) is 12.0. The number of anilines is 4. The summed E-state index contributed by atoms with van der Waals surface area (Å²) >= 11 is 6.87. The first kappa shape index (κ1) is 32.7. The van der Waals surface area contributed by atoms with Crippen LogP contribution in [0.15, 0.2) is 18.3 Å². The Morgan fingerprint density at radius 2 is 1.98 bits per heavy atom. The minimum absolute atomic E-state index is 0.0461. The molecule has 1 aliphatic heterocycles. The van der Waals surface area contributed by atoms with Crippen LogP contribution < -0.4 is 20.9 Å². The van der Waals surface area contributed by atoms with Crippen molar-refractivity contribution in [1.82, 2.24) is 24.9 Å². The van der Waals surface area contributed by atoms with E-state index >= 15 is 0 Å². The molecule has 5 rings (SSSR count). The highest BCUT2D eigenvalue weighted by atomic mass is 35.5. The van der Waals surface area contributed by atoms with Crippen molar-refractivity contribution in [3.63, 3.8) is 0 Å². The fraction of sp³-hybridized carbons (Fsp3) is 0.423. The van der Waals surface area contributed by atoms with Crippen molar-refractivity contribution in [2.45, 2.75) is 50.5 Å². The molecule has 20 heteroatoms. The van der Waals surface area contributed by atoms with Gasteiger partial charge in [-0.05, 0) is 38.3 Å². The zero-order valence-corrected chi connectivity index (χ0v) is 26.0. The van der Waals surface area contributed by atoms with Crippen LogP contribution in [0.2, 0.25) is 5.02 Å². The van der Waals surface area contributed by atoms with Crippen molar-refractivity contribution >= 4 is 60.3 Å². The lowest BCUT2D eigenvalue weighted by Gasteiger charge is -2.40. The summed E-state index contributed by atoms with van der Waals surface area (Å²) in [5, 5.41) is 32.8. The van der Waals surface area contributed by atoms with Gasteiger partial charge in [0.25, 0.3) is 0 Å². The van der Waals surface area contributed by atoms with E-state index in [1.807, 2.05) is 6.07 Å². The van der Waals surface area contributed by atoms with Crippen LogP contribution in [0.1, 0.15) is 37.4 Å². The number of phosphoric acid groups is 1. The molecular weight excluding hydrogens is 647 g/mol. The predicted molar refractivity (Wildman–Crippen MR) is 160 cm³/mol. The molecule has 46 heavy (non-hydrogen) atoms. The lowest BCUT2D eigenvalue weighted by atomic mass is 10.0. The predicted octanol–water partition coefficient (Wildman–Crippen LogP) is 2.18. The Labute approximate surface area is 266 Å². The highest BCUT2D eigenvalue weighted by Crippen LogP contribution is 2.39. The van der Waals surface area contributed by atoms with E-state index in [1.165, 1.54) is 30.0 Å². The van der Waals surface area contributed by atoms with Gasteiger partial charge in [-0.2, -0.15) is 20.0 Å². The minimum Gasteiger partial charge on any atom is -0.456 e. The number of esters is 1. The Hall–Kier alpha value is -4.71.